The van der Waals surface area contributed by atoms with E-state index in [1.165, 1.54) is 6.33 Å². The van der Waals surface area contributed by atoms with Crippen molar-refractivity contribution in [1.29, 1.82) is 0 Å². The molecule has 1 atom stereocenters. The van der Waals surface area contributed by atoms with Crippen LogP contribution < -0.4 is 0 Å². The van der Waals surface area contributed by atoms with Crippen molar-refractivity contribution in [3.05, 3.63) is 34.9 Å². The lowest BCUT2D eigenvalue weighted by Crippen LogP contribution is -1.95. The van der Waals surface area contributed by atoms with Gasteiger partial charge in [-0.05, 0) is 0 Å². The van der Waals surface area contributed by atoms with E-state index < -0.39 is 0 Å². The highest BCUT2D eigenvalue weighted by Crippen LogP contribution is 2.28. The molecule has 0 aromatic carbocycles. The minimum Gasteiger partial charge on any atom is -0.224 e. The summed E-state index contributed by atoms with van der Waals surface area (Å²) in [5.74, 6) is 0.0752. The quantitative estimate of drug-likeness (QED) is 0.545. The molecule has 0 amide bonds. The van der Waals surface area contributed by atoms with E-state index in [0.29, 0.717) is 10.3 Å². The van der Waals surface area contributed by atoms with Gasteiger partial charge in [0.2, 0.25) is 0 Å². The minimum absolute atomic E-state index is 0.0752. The van der Waals surface area contributed by atoms with Gasteiger partial charge in [0.15, 0.2) is 0 Å². The van der Waals surface area contributed by atoms with E-state index in [9.17, 15) is 0 Å². The van der Waals surface area contributed by atoms with E-state index in [1.807, 2.05) is 6.92 Å². The summed E-state index contributed by atoms with van der Waals surface area (Å²) in [7, 11) is 0. The lowest BCUT2D eigenvalue weighted by Gasteiger charge is -2.08. The van der Waals surface area contributed by atoms with Crippen molar-refractivity contribution >= 4 is 23.2 Å². The van der Waals surface area contributed by atoms with E-state index in [0.717, 1.165) is 5.56 Å². The van der Waals surface area contributed by atoms with Crippen molar-refractivity contribution < 1.29 is 0 Å². The Labute approximate surface area is 81.2 Å². The Morgan fingerprint density at radius 1 is 1.42 bits per heavy atom. The van der Waals surface area contributed by atoms with Gasteiger partial charge in [0.1, 0.15) is 16.6 Å². The maximum atomic E-state index is 5.82. The molecule has 2 nitrogen and oxygen atoms in total. The Balaban J connectivity index is 3.20. The lowest BCUT2D eigenvalue weighted by atomic mass is 10.1. The average Bonchev–Trinajstić information content (AvgIpc) is 2.03. The molecule has 0 aliphatic rings. The predicted molar refractivity (Wildman–Crippen MR) is 50.7 cm³/mol. The van der Waals surface area contributed by atoms with Crippen LogP contribution in [0.1, 0.15) is 18.4 Å². The normalized spacial score (nSPS) is 12.6. The van der Waals surface area contributed by atoms with Gasteiger partial charge in [-0.2, -0.15) is 0 Å². The summed E-state index contributed by atoms with van der Waals surface area (Å²) >= 11 is 11.6. The molecule has 0 aliphatic heterocycles. The van der Waals surface area contributed by atoms with E-state index in [4.69, 9.17) is 23.2 Å². The van der Waals surface area contributed by atoms with Gasteiger partial charge in [-0.3, -0.25) is 0 Å². The van der Waals surface area contributed by atoms with Crippen LogP contribution in [0.25, 0.3) is 0 Å². The summed E-state index contributed by atoms with van der Waals surface area (Å²) in [5, 5.41) is 0.782. The monoisotopic (exact) mass is 202 g/mol. The molecule has 1 rings (SSSR count). The molecular weight excluding hydrogens is 195 g/mol. The smallest absolute Gasteiger partial charge is 0.137 e. The molecule has 0 saturated carbocycles. The number of aromatic nitrogens is 2. The van der Waals surface area contributed by atoms with E-state index in [-0.39, 0.29) is 5.92 Å². The maximum absolute atomic E-state index is 5.82. The Morgan fingerprint density at radius 3 is 2.33 bits per heavy atom. The van der Waals surface area contributed by atoms with Crippen molar-refractivity contribution in [2.45, 2.75) is 12.8 Å². The van der Waals surface area contributed by atoms with Gasteiger partial charge in [0.05, 0.1) is 0 Å². The van der Waals surface area contributed by atoms with Crippen LogP contribution in [0.2, 0.25) is 10.3 Å². The Kier molecular flexibility index (Phi) is 3.06. The first kappa shape index (κ1) is 9.49. The summed E-state index contributed by atoms with van der Waals surface area (Å²) in [4.78, 5) is 7.66. The van der Waals surface area contributed by atoms with Crippen LogP contribution >= 0.6 is 23.2 Å². The minimum atomic E-state index is 0.0752. The molecule has 0 spiro atoms. The molecule has 0 radical (unpaired) electrons. The molecule has 0 aliphatic carbocycles. The van der Waals surface area contributed by atoms with E-state index >= 15 is 0 Å². The second kappa shape index (κ2) is 3.87. The number of halogens is 2. The standard InChI is InChI=1S/C8H8Cl2N2/c1-3-5(2)6-7(9)11-4-12-8(6)10/h3-5H,1H2,2H3. The zero-order valence-corrected chi connectivity index (χ0v) is 8.10. The van der Waals surface area contributed by atoms with Gasteiger partial charge in [-0.1, -0.05) is 36.2 Å². The highest BCUT2D eigenvalue weighted by molar-refractivity contribution is 6.34. The Bertz CT molecular complexity index is 279. The average molecular weight is 203 g/mol. The van der Waals surface area contributed by atoms with Crippen molar-refractivity contribution in [3.63, 3.8) is 0 Å². The van der Waals surface area contributed by atoms with E-state index in [2.05, 4.69) is 16.5 Å². The van der Waals surface area contributed by atoms with Crippen molar-refractivity contribution in [3.8, 4) is 0 Å². The largest absolute Gasteiger partial charge is 0.224 e. The van der Waals surface area contributed by atoms with Gasteiger partial charge in [-0.25, -0.2) is 9.97 Å². The molecule has 1 unspecified atom stereocenters. The first-order valence-electron chi connectivity index (χ1n) is 3.45. The van der Waals surface area contributed by atoms with Crippen LogP contribution in [0.15, 0.2) is 19.0 Å². The fourth-order valence-electron chi connectivity index (χ4n) is 0.848. The molecule has 0 saturated heterocycles. The zero-order valence-electron chi connectivity index (χ0n) is 6.59. The fraction of sp³-hybridized carbons (Fsp3) is 0.250. The van der Waals surface area contributed by atoms with Gasteiger partial charge >= 0.3 is 0 Å². The predicted octanol–water partition coefficient (Wildman–Crippen LogP) is 3.07. The second-order valence-corrected chi connectivity index (χ2v) is 3.11. The lowest BCUT2D eigenvalue weighted by molar-refractivity contribution is 0.934. The SMILES string of the molecule is C=CC(C)c1c(Cl)ncnc1Cl. The Morgan fingerprint density at radius 2 is 1.92 bits per heavy atom. The zero-order chi connectivity index (χ0) is 9.14. The summed E-state index contributed by atoms with van der Waals surface area (Å²) in [6, 6.07) is 0. The first-order valence-corrected chi connectivity index (χ1v) is 4.21. The third kappa shape index (κ3) is 1.76. The number of hydrogen-bond acceptors (Lipinski definition) is 2. The molecule has 1 heterocycles. The molecule has 0 N–H and O–H groups in total. The summed E-state index contributed by atoms with van der Waals surface area (Å²) in [6.45, 7) is 5.58. The maximum Gasteiger partial charge on any atom is 0.137 e. The Hall–Kier alpha value is -0.600. The van der Waals surface area contributed by atoms with Gasteiger partial charge in [-0.15, -0.1) is 6.58 Å². The first-order chi connectivity index (χ1) is 5.66. The number of nitrogens with zero attached hydrogens (tertiary/aromatic N) is 2. The fourth-order valence-corrected chi connectivity index (χ4v) is 1.51. The third-order valence-corrected chi connectivity index (χ3v) is 2.20. The highest BCUT2D eigenvalue weighted by Gasteiger charge is 2.12. The molecule has 1 aromatic rings. The van der Waals surface area contributed by atoms with Gasteiger partial charge in [0.25, 0.3) is 0 Å². The summed E-state index contributed by atoms with van der Waals surface area (Å²) in [6.07, 6.45) is 3.08. The van der Waals surface area contributed by atoms with Crippen LogP contribution in [0.4, 0.5) is 0 Å². The van der Waals surface area contributed by atoms with Crippen molar-refractivity contribution in [2.75, 3.05) is 0 Å². The summed E-state index contributed by atoms with van der Waals surface area (Å²) in [5.41, 5.74) is 0.732. The highest BCUT2D eigenvalue weighted by atomic mass is 35.5. The van der Waals surface area contributed by atoms with Gasteiger partial charge in [0, 0.05) is 11.5 Å². The number of rotatable bonds is 2. The molecular formula is C8H8Cl2N2. The number of hydrogen-bond donors (Lipinski definition) is 0. The van der Waals surface area contributed by atoms with Crippen LogP contribution in [-0.2, 0) is 0 Å². The number of allylic oxidation sites excluding steroid dienone is 1. The third-order valence-electron chi connectivity index (χ3n) is 1.60. The van der Waals surface area contributed by atoms with E-state index in [1.54, 1.807) is 6.08 Å². The molecule has 0 bridgehead atoms. The topological polar surface area (TPSA) is 25.8 Å². The second-order valence-electron chi connectivity index (χ2n) is 2.39. The molecule has 0 fully saturated rings. The van der Waals surface area contributed by atoms with Crippen molar-refractivity contribution in [2.24, 2.45) is 0 Å². The molecule has 4 heteroatoms. The molecule has 12 heavy (non-hydrogen) atoms. The van der Waals surface area contributed by atoms with Crippen LogP contribution in [0.5, 0.6) is 0 Å². The summed E-state index contributed by atoms with van der Waals surface area (Å²) < 4.78 is 0. The van der Waals surface area contributed by atoms with Gasteiger partial charge < -0.3 is 0 Å². The molecule has 64 valence electrons. The van der Waals surface area contributed by atoms with Crippen LogP contribution in [0.3, 0.4) is 0 Å². The molecule has 1 aromatic heterocycles. The van der Waals surface area contributed by atoms with Crippen LogP contribution in [-0.4, -0.2) is 9.97 Å². The van der Waals surface area contributed by atoms with Crippen molar-refractivity contribution in [1.82, 2.24) is 9.97 Å². The van der Waals surface area contributed by atoms with Crippen LogP contribution in [0, 0.1) is 0 Å².